The summed E-state index contributed by atoms with van der Waals surface area (Å²) < 4.78 is 7.42. The molecule has 10 nitrogen and oxygen atoms in total. The molecule has 3 aromatic rings. The molecule has 2 saturated heterocycles. The van der Waals surface area contributed by atoms with Crippen molar-refractivity contribution in [2.24, 2.45) is 0 Å². The molecule has 0 aliphatic carbocycles. The zero-order valence-corrected chi connectivity index (χ0v) is 17.6. The number of non-ortho nitro benzene ring substituents is 1. The Morgan fingerprint density at radius 2 is 1.84 bits per heavy atom. The van der Waals surface area contributed by atoms with Crippen molar-refractivity contribution in [1.29, 1.82) is 0 Å². The van der Waals surface area contributed by atoms with E-state index in [4.69, 9.17) is 4.74 Å². The van der Waals surface area contributed by atoms with Crippen molar-refractivity contribution in [3.63, 3.8) is 0 Å². The lowest BCUT2D eigenvalue weighted by atomic mass is 9.95. The van der Waals surface area contributed by atoms with Crippen molar-refractivity contribution in [3.8, 4) is 0 Å². The van der Waals surface area contributed by atoms with Crippen LogP contribution in [0.2, 0.25) is 0 Å². The molecule has 2 aromatic heterocycles. The van der Waals surface area contributed by atoms with Gasteiger partial charge in [0.15, 0.2) is 5.65 Å². The fourth-order valence-electron chi connectivity index (χ4n) is 4.54. The molecule has 5 rings (SSSR count). The van der Waals surface area contributed by atoms with Gasteiger partial charge in [-0.15, -0.1) is 10.2 Å². The molecule has 10 heteroatoms. The number of nitrogens with zero attached hydrogens (tertiary/aromatic N) is 6. The van der Waals surface area contributed by atoms with Gasteiger partial charge >= 0.3 is 0 Å². The number of morpholine rings is 1. The zero-order valence-electron chi connectivity index (χ0n) is 17.6. The number of carbonyl (C=O) groups is 1. The first kappa shape index (κ1) is 20.4. The van der Waals surface area contributed by atoms with Crippen LogP contribution >= 0.6 is 0 Å². The number of amides is 1. The van der Waals surface area contributed by atoms with Gasteiger partial charge in [0.1, 0.15) is 5.82 Å². The Bertz CT molecular complexity index is 1150. The lowest BCUT2D eigenvalue weighted by Gasteiger charge is -2.34. The first-order valence-corrected chi connectivity index (χ1v) is 10.8. The lowest BCUT2D eigenvalue weighted by Crippen LogP contribution is -2.41. The van der Waals surface area contributed by atoms with Crippen LogP contribution in [0.1, 0.15) is 34.9 Å². The largest absolute Gasteiger partial charge is 0.378 e. The van der Waals surface area contributed by atoms with E-state index in [1.165, 1.54) is 12.1 Å². The number of hydrogen-bond donors (Lipinski definition) is 0. The topological polar surface area (TPSA) is 106 Å². The lowest BCUT2D eigenvalue weighted by molar-refractivity contribution is -0.384. The van der Waals surface area contributed by atoms with Gasteiger partial charge in [0.05, 0.1) is 29.4 Å². The van der Waals surface area contributed by atoms with Gasteiger partial charge in [-0.25, -0.2) is 0 Å². The van der Waals surface area contributed by atoms with Gasteiger partial charge in [0.2, 0.25) is 0 Å². The Hall–Kier alpha value is -3.53. The second-order valence-electron chi connectivity index (χ2n) is 8.11. The third kappa shape index (κ3) is 3.77. The Kier molecular flexibility index (Phi) is 5.44. The predicted molar refractivity (Wildman–Crippen MR) is 117 cm³/mol. The molecular weight excluding hydrogens is 412 g/mol. The Morgan fingerprint density at radius 1 is 1.06 bits per heavy atom. The fraction of sp³-hybridized carbons (Fsp3) is 0.409. The van der Waals surface area contributed by atoms with Crippen LogP contribution in [-0.2, 0) is 4.74 Å². The van der Waals surface area contributed by atoms with Gasteiger partial charge in [-0.2, -0.15) is 0 Å². The molecule has 0 bridgehead atoms. The van der Waals surface area contributed by atoms with E-state index < -0.39 is 4.92 Å². The van der Waals surface area contributed by atoms with E-state index in [2.05, 4.69) is 15.1 Å². The smallest absolute Gasteiger partial charge is 0.270 e. The Balaban J connectivity index is 1.36. The molecule has 0 unspecified atom stereocenters. The van der Waals surface area contributed by atoms with Gasteiger partial charge < -0.3 is 14.5 Å². The number of rotatable bonds is 4. The van der Waals surface area contributed by atoms with E-state index in [-0.39, 0.29) is 17.5 Å². The van der Waals surface area contributed by atoms with Crippen molar-refractivity contribution in [1.82, 2.24) is 19.5 Å². The number of fused-ring (bicyclic) bond motifs is 1. The normalized spacial score (nSPS) is 17.6. The Morgan fingerprint density at radius 3 is 2.59 bits per heavy atom. The number of pyridine rings is 1. The van der Waals surface area contributed by atoms with E-state index in [1.54, 1.807) is 11.0 Å². The summed E-state index contributed by atoms with van der Waals surface area (Å²) in [6, 6.07) is 10.4. The van der Waals surface area contributed by atoms with Crippen LogP contribution < -0.4 is 4.90 Å². The molecule has 0 saturated carbocycles. The maximum atomic E-state index is 13.5. The third-order valence-electron chi connectivity index (χ3n) is 6.26. The molecule has 4 heterocycles. The van der Waals surface area contributed by atoms with E-state index in [0.29, 0.717) is 45.0 Å². The molecule has 0 spiro atoms. The van der Waals surface area contributed by atoms with Crippen LogP contribution in [0, 0.1) is 10.1 Å². The van der Waals surface area contributed by atoms with Gasteiger partial charge in [-0.05, 0) is 31.0 Å². The predicted octanol–water partition coefficient (Wildman–Crippen LogP) is 2.49. The minimum Gasteiger partial charge on any atom is -0.378 e. The van der Waals surface area contributed by atoms with Crippen molar-refractivity contribution >= 4 is 22.9 Å². The molecule has 0 N–H and O–H groups in total. The number of aromatic nitrogens is 3. The number of nitro benzene ring substituents is 1. The van der Waals surface area contributed by atoms with Crippen LogP contribution in [-0.4, -0.2) is 69.7 Å². The highest BCUT2D eigenvalue weighted by Gasteiger charge is 2.30. The number of anilines is 1. The van der Waals surface area contributed by atoms with Crippen LogP contribution in [0.15, 0.2) is 42.6 Å². The number of piperidine rings is 1. The summed E-state index contributed by atoms with van der Waals surface area (Å²) >= 11 is 0. The summed E-state index contributed by atoms with van der Waals surface area (Å²) in [4.78, 5) is 28.2. The van der Waals surface area contributed by atoms with Gasteiger partial charge in [-0.3, -0.25) is 19.3 Å². The van der Waals surface area contributed by atoms with Crippen LogP contribution in [0.5, 0.6) is 0 Å². The van der Waals surface area contributed by atoms with Crippen LogP contribution in [0.25, 0.3) is 5.65 Å². The van der Waals surface area contributed by atoms with Gasteiger partial charge in [0, 0.05) is 50.4 Å². The van der Waals surface area contributed by atoms with E-state index in [1.807, 2.05) is 28.8 Å². The molecule has 2 aliphatic heterocycles. The summed E-state index contributed by atoms with van der Waals surface area (Å²) in [5, 5.41) is 20.0. The Labute approximate surface area is 184 Å². The van der Waals surface area contributed by atoms with E-state index in [9.17, 15) is 14.9 Å². The van der Waals surface area contributed by atoms with Gasteiger partial charge in [-0.1, -0.05) is 6.07 Å². The van der Waals surface area contributed by atoms with Crippen LogP contribution in [0.4, 0.5) is 11.4 Å². The SMILES string of the molecule is O=C(c1cc([N+](=O)[O-])ccc1N1CCOCC1)N1CCC(c2nnc3ccccn23)CC1. The second kappa shape index (κ2) is 8.54. The summed E-state index contributed by atoms with van der Waals surface area (Å²) in [5.41, 5.74) is 1.85. The minimum atomic E-state index is -0.456. The fourth-order valence-corrected chi connectivity index (χ4v) is 4.54. The van der Waals surface area contributed by atoms with Gasteiger partial charge in [0.25, 0.3) is 11.6 Å². The minimum absolute atomic E-state index is 0.0739. The molecule has 166 valence electrons. The average Bonchev–Trinajstić information content (AvgIpc) is 3.28. The summed E-state index contributed by atoms with van der Waals surface area (Å²) in [5.74, 6) is 0.956. The summed E-state index contributed by atoms with van der Waals surface area (Å²) in [7, 11) is 0. The maximum Gasteiger partial charge on any atom is 0.270 e. The highest BCUT2D eigenvalue weighted by Crippen LogP contribution is 2.31. The first-order chi connectivity index (χ1) is 15.6. The molecule has 0 radical (unpaired) electrons. The van der Waals surface area contributed by atoms with Crippen molar-refractivity contribution in [3.05, 3.63) is 64.1 Å². The average molecular weight is 436 g/mol. The number of hydrogen-bond acceptors (Lipinski definition) is 7. The van der Waals surface area contributed by atoms with Crippen molar-refractivity contribution in [2.75, 3.05) is 44.3 Å². The summed E-state index contributed by atoms with van der Waals surface area (Å²) in [6.45, 7) is 3.58. The second-order valence-corrected chi connectivity index (χ2v) is 8.11. The standard InChI is InChI=1S/C22H24N6O4/c29-22(18-15-17(28(30)31)4-5-19(18)25-11-13-32-14-12-25)26-9-6-16(7-10-26)21-24-23-20-3-1-2-8-27(20)21/h1-5,8,15-16H,6-7,9-14H2. The highest BCUT2D eigenvalue weighted by molar-refractivity contribution is 6.00. The maximum absolute atomic E-state index is 13.5. The number of likely N-dealkylation sites (tertiary alicyclic amines) is 1. The molecular formula is C22H24N6O4. The summed E-state index contributed by atoms with van der Waals surface area (Å²) in [6.07, 6.45) is 3.49. The first-order valence-electron chi connectivity index (χ1n) is 10.8. The van der Waals surface area contributed by atoms with Crippen molar-refractivity contribution < 1.29 is 14.5 Å². The van der Waals surface area contributed by atoms with Crippen molar-refractivity contribution in [2.45, 2.75) is 18.8 Å². The molecule has 32 heavy (non-hydrogen) atoms. The molecule has 2 aliphatic rings. The zero-order chi connectivity index (χ0) is 22.1. The monoisotopic (exact) mass is 436 g/mol. The molecule has 2 fully saturated rings. The highest BCUT2D eigenvalue weighted by atomic mass is 16.6. The quantitative estimate of drug-likeness (QED) is 0.457. The number of nitro groups is 1. The van der Waals surface area contributed by atoms with E-state index in [0.717, 1.165) is 30.0 Å². The molecule has 1 aromatic carbocycles. The number of carbonyl (C=O) groups excluding carboxylic acids is 1. The number of benzene rings is 1. The van der Waals surface area contributed by atoms with E-state index >= 15 is 0 Å². The number of ether oxygens (including phenoxy) is 1. The molecule has 0 atom stereocenters. The third-order valence-corrected chi connectivity index (χ3v) is 6.26. The molecule has 1 amide bonds. The van der Waals surface area contributed by atoms with Crippen LogP contribution in [0.3, 0.4) is 0 Å².